The number of aryl methyl sites for hydroxylation is 1. The highest BCUT2D eigenvalue weighted by Gasteiger charge is 2.24. The maximum Gasteiger partial charge on any atom is 0.226 e. The lowest BCUT2D eigenvalue weighted by molar-refractivity contribution is -0.0562. The predicted molar refractivity (Wildman–Crippen MR) is 122 cm³/mol. The summed E-state index contributed by atoms with van der Waals surface area (Å²) in [5.41, 5.74) is 3.48. The first-order valence-electron chi connectivity index (χ1n) is 11.4. The molecule has 1 aliphatic rings. The first kappa shape index (κ1) is 22.4. The van der Waals surface area contributed by atoms with Gasteiger partial charge >= 0.3 is 0 Å². The van der Waals surface area contributed by atoms with Crippen molar-refractivity contribution in [1.29, 1.82) is 0 Å². The number of oxazole rings is 1. The molecule has 0 spiro atoms. The van der Waals surface area contributed by atoms with Crippen molar-refractivity contribution in [1.82, 2.24) is 25.6 Å². The summed E-state index contributed by atoms with van der Waals surface area (Å²) < 4.78 is 31.3. The van der Waals surface area contributed by atoms with E-state index in [0.29, 0.717) is 30.7 Å². The van der Waals surface area contributed by atoms with Crippen molar-refractivity contribution in [3.05, 3.63) is 71.4 Å². The minimum atomic E-state index is -0.288. The molecule has 0 bridgehead atoms. The molecule has 0 amide bonds. The molecule has 1 saturated carbocycles. The van der Waals surface area contributed by atoms with Gasteiger partial charge in [-0.15, -0.1) is 10.2 Å². The van der Waals surface area contributed by atoms with Gasteiger partial charge in [-0.25, -0.2) is 9.37 Å². The van der Waals surface area contributed by atoms with Crippen molar-refractivity contribution in [3.8, 4) is 22.8 Å². The number of nitrogens with zero attached hydrogens (tertiary/aromatic N) is 4. The van der Waals surface area contributed by atoms with Gasteiger partial charge in [0, 0.05) is 11.1 Å². The fourth-order valence-corrected chi connectivity index (χ4v) is 4.18. The molecule has 5 rings (SSSR count). The average molecular weight is 464 g/mol. The maximum atomic E-state index is 13.2. The van der Waals surface area contributed by atoms with Crippen LogP contribution in [0.15, 0.2) is 52.9 Å². The molecule has 2 aromatic carbocycles. The van der Waals surface area contributed by atoms with Gasteiger partial charge in [-0.1, -0.05) is 18.2 Å². The summed E-state index contributed by atoms with van der Waals surface area (Å²) in [6.45, 7) is 2.77. The van der Waals surface area contributed by atoms with E-state index >= 15 is 0 Å². The summed E-state index contributed by atoms with van der Waals surface area (Å²) in [5, 5.41) is 14.2. The number of aromatic nitrogens is 5. The molecule has 0 unspecified atom stereocenters. The molecule has 1 fully saturated rings. The number of H-pyrrole nitrogens is 1. The third kappa shape index (κ3) is 5.37. The van der Waals surface area contributed by atoms with Crippen molar-refractivity contribution in [2.24, 2.45) is 0 Å². The van der Waals surface area contributed by atoms with E-state index in [1.54, 1.807) is 12.1 Å². The molecule has 4 aromatic rings. The van der Waals surface area contributed by atoms with E-state index in [1.165, 1.54) is 12.1 Å². The Morgan fingerprint density at radius 1 is 1.03 bits per heavy atom. The molecule has 1 aliphatic carbocycles. The summed E-state index contributed by atoms with van der Waals surface area (Å²) in [5.74, 6) is 1.47. The molecule has 8 nitrogen and oxygen atoms in total. The minimum absolute atomic E-state index is 0.106. The lowest BCUT2D eigenvalue weighted by Crippen LogP contribution is -2.28. The van der Waals surface area contributed by atoms with Crippen LogP contribution in [0.25, 0.3) is 22.8 Å². The van der Waals surface area contributed by atoms with Crippen LogP contribution in [0, 0.1) is 12.7 Å². The Bertz CT molecular complexity index is 1210. The number of benzene rings is 2. The predicted octanol–water partition coefficient (Wildman–Crippen LogP) is 5.01. The van der Waals surface area contributed by atoms with E-state index in [4.69, 9.17) is 13.9 Å². The minimum Gasteiger partial charge on any atom is -0.441 e. The van der Waals surface area contributed by atoms with Crippen LogP contribution in [0.4, 0.5) is 4.39 Å². The topological polar surface area (TPSA) is 99.0 Å². The second-order valence-corrected chi connectivity index (χ2v) is 8.50. The Hall–Kier alpha value is -3.43. The molecular formula is C25H26FN5O3. The number of rotatable bonds is 8. The van der Waals surface area contributed by atoms with E-state index in [9.17, 15) is 4.39 Å². The van der Waals surface area contributed by atoms with Crippen molar-refractivity contribution >= 4 is 0 Å². The zero-order chi connectivity index (χ0) is 23.3. The number of aromatic amines is 1. The zero-order valence-electron chi connectivity index (χ0n) is 18.9. The van der Waals surface area contributed by atoms with Crippen LogP contribution in [-0.2, 0) is 22.7 Å². The maximum absolute atomic E-state index is 13.2. The smallest absolute Gasteiger partial charge is 0.226 e. The molecular weight excluding hydrogens is 437 g/mol. The van der Waals surface area contributed by atoms with Gasteiger partial charge in [0.05, 0.1) is 25.4 Å². The van der Waals surface area contributed by atoms with Gasteiger partial charge in [0.2, 0.25) is 11.7 Å². The Balaban J connectivity index is 1.14. The third-order valence-corrected chi connectivity index (χ3v) is 6.03. The normalized spacial score (nSPS) is 18.3. The number of ether oxygens (including phenoxy) is 2. The molecule has 0 radical (unpaired) electrons. The fraction of sp³-hybridized carbons (Fsp3) is 0.360. The van der Waals surface area contributed by atoms with Crippen LogP contribution >= 0.6 is 0 Å². The second kappa shape index (κ2) is 10.2. The first-order chi connectivity index (χ1) is 16.6. The second-order valence-electron chi connectivity index (χ2n) is 8.50. The van der Waals surface area contributed by atoms with Crippen LogP contribution in [0.2, 0.25) is 0 Å². The molecule has 34 heavy (non-hydrogen) atoms. The summed E-state index contributed by atoms with van der Waals surface area (Å²) in [7, 11) is 0. The third-order valence-electron chi connectivity index (χ3n) is 6.03. The standard InChI is InChI=1S/C25H26FN5O3/c1-16-23(27-25(34-16)18-8-10-20(26)11-9-18)15-33-22-7-3-6-21(13-22)32-14-17-4-2-5-19(12-17)24-28-30-31-29-24/h2,4-5,8-12,21-22H,3,6-7,13-15H2,1H3,(H,28,29,30,31)/t21-,22+/m0/s1. The zero-order valence-corrected chi connectivity index (χ0v) is 18.9. The van der Waals surface area contributed by atoms with Gasteiger partial charge in [0.1, 0.15) is 17.3 Å². The Labute approximate surface area is 196 Å². The average Bonchev–Trinajstić information content (AvgIpc) is 3.53. The van der Waals surface area contributed by atoms with Crippen molar-refractivity contribution in [2.75, 3.05) is 0 Å². The Morgan fingerprint density at radius 2 is 1.82 bits per heavy atom. The highest BCUT2D eigenvalue weighted by Crippen LogP contribution is 2.27. The fourth-order valence-electron chi connectivity index (χ4n) is 4.18. The van der Waals surface area contributed by atoms with E-state index < -0.39 is 0 Å². The number of halogens is 1. The molecule has 1 N–H and O–H groups in total. The largest absolute Gasteiger partial charge is 0.441 e. The van der Waals surface area contributed by atoms with Crippen LogP contribution in [0.5, 0.6) is 0 Å². The van der Waals surface area contributed by atoms with Crippen LogP contribution < -0.4 is 0 Å². The van der Waals surface area contributed by atoms with Gasteiger partial charge in [-0.05, 0) is 73.7 Å². The number of hydrogen-bond acceptors (Lipinski definition) is 7. The van der Waals surface area contributed by atoms with E-state index in [0.717, 1.165) is 48.1 Å². The van der Waals surface area contributed by atoms with Gasteiger partial charge in [-0.3, -0.25) is 0 Å². The van der Waals surface area contributed by atoms with E-state index in [2.05, 4.69) is 25.6 Å². The van der Waals surface area contributed by atoms with E-state index in [-0.39, 0.29) is 18.0 Å². The van der Waals surface area contributed by atoms with Gasteiger partial charge < -0.3 is 13.9 Å². The van der Waals surface area contributed by atoms with E-state index in [1.807, 2.05) is 31.2 Å². The SMILES string of the molecule is Cc1oc(-c2ccc(F)cc2)nc1CO[C@@H]1CCC[C@H](OCc2cccc(-c3nn[nH]n3)c2)C1. The van der Waals surface area contributed by atoms with Crippen molar-refractivity contribution in [2.45, 2.75) is 58.0 Å². The van der Waals surface area contributed by atoms with Crippen molar-refractivity contribution < 1.29 is 18.3 Å². The highest BCUT2D eigenvalue weighted by atomic mass is 19.1. The molecule has 9 heteroatoms. The molecule has 0 aliphatic heterocycles. The van der Waals surface area contributed by atoms with Crippen LogP contribution in [0.1, 0.15) is 42.7 Å². The lowest BCUT2D eigenvalue weighted by atomic mass is 9.95. The van der Waals surface area contributed by atoms with Crippen molar-refractivity contribution in [3.63, 3.8) is 0 Å². The lowest BCUT2D eigenvalue weighted by Gasteiger charge is -2.29. The molecule has 2 heterocycles. The molecule has 0 saturated heterocycles. The highest BCUT2D eigenvalue weighted by molar-refractivity contribution is 5.55. The molecule has 2 atom stereocenters. The Kier molecular flexibility index (Phi) is 6.73. The van der Waals surface area contributed by atoms with Crippen LogP contribution in [-0.4, -0.2) is 37.8 Å². The molecule has 176 valence electrons. The summed E-state index contributed by atoms with van der Waals surface area (Å²) in [6, 6.07) is 14.1. The number of nitrogens with one attached hydrogen (secondary N) is 1. The van der Waals surface area contributed by atoms with Gasteiger partial charge in [0.15, 0.2) is 0 Å². The Morgan fingerprint density at radius 3 is 2.59 bits per heavy atom. The summed E-state index contributed by atoms with van der Waals surface area (Å²) in [6.07, 6.45) is 4.15. The summed E-state index contributed by atoms with van der Waals surface area (Å²) in [4.78, 5) is 4.56. The number of tetrazole rings is 1. The number of hydrogen-bond donors (Lipinski definition) is 1. The first-order valence-corrected chi connectivity index (χ1v) is 11.4. The van der Waals surface area contributed by atoms with Crippen LogP contribution in [0.3, 0.4) is 0 Å². The van der Waals surface area contributed by atoms with Gasteiger partial charge in [-0.2, -0.15) is 5.21 Å². The summed E-state index contributed by atoms with van der Waals surface area (Å²) >= 11 is 0. The monoisotopic (exact) mass is 463 g/mol. The molecule has 2 aromatic heterocycles. The van der Waals surface area contributed by atoms with Gasteiger partial charge in [0.25, 0.3) is 0 Å². The quantitative estimate of drug-likeness (QED) is 0.392.